The zero-order valence-corrected chi connectivity index (χ0v) is 7.03. The Morgan fingerprint density at radius 3 is 2.75 bits per heavy atom. The Kier molecular flexibility index (Phi) is 2.06. The fourth-order valence-corrected chi connectivity index (χ4v) is 1.01. The van der Waals surface area contributed by atoms with Crippen molar-refractivity contribution in [2.45, 2.75) is 25.9 Å². The molecule has 1 heterocycles. The first-order valence-corrected chi connectivity index (χ1v) is 3.72. The molecule has 0 aromatic heterocycles. The van der Waals surface area contributed by atoms with Crippen LogP contribution in [0.25, 0.3) is 0 Å². The van der Waals surface area contributed by atoms with Gasteiger partial charge in [0.05, 0.1) is 6.54 Å². The van der Waals surface area contributed by atoms with Crippen LogP contribution in [-0.2, 0) is 14.4 Å². The maximum absolute atomic E-state index is 11.0. The van der Waals surface area contributed by atoms with Crippen LogP contribution < -0.4 is 0 Å². The molecule has 1 saturated heterocycles. The van der Waals surface area contributed by atoms with Gasteiger partial charge in [0, 0.05) is 6.92 Å². The number of carbonyl (C=O) groups is 2. The molecule has 0 aromatic carbocycles. The summed E-state index contributed by atoms with van der Waals surface area (Å²) in [7, 11) is 0. The Balaban J connectivity index is 2.49. The minimum atomic E-state index is -1.31. The number of hydrogen-bond donors (Lipinski definition) is 1. The monoisotopic (exact) mass is 173 g/mol. The van der Waals surface area contributed by atoms with Gasteiger partial charge in [-0.2, -0.15) is 5.06 Å². The predicted octanol–water partition coefficient (Wildman–Crippen LogP) is -0.552. The minimum Gasteiger partial charge on any atom is -0.378 e. The van der Waals surface area contributed by atoms with E-state index in [-0.39, 0.29) is 6.54 Å². The largest absolute Gasteiger partial charge is 0.378 e. The first-order valence-electron chi connectivity index (χ1n) is 3.72. The van der Waals surface area contributed by atoms with E-state index in [1.807, 2.05) is 0 Å². The van der Waals surface area contributed by atoms with E-state index in [4.69, 9.17) is 0 Å². The molecule has 0 bridgehead atoms. The summed E-state index contributed by atoms with van der Waals surface area (Å²) in [5.41, 5.74) is -1.31. The summed E-state index contributed by atoms with van der Waals surface area (Å²) in [4.78, 5) is 25.9. The summed E-state index contributed by atoms with van der Waals surface area (Å²) in [5, 5.41) is 10.3. The van der Waals surface area contributed by atoms with E-state index in [9.17, 15) is 14.7 Å². The number of β-lactam (4-membered cyclic amide) rings is 1. The molecule has 1 rings (SSSR count). The average molecular weight is 173 g/mol. The van der Waals surface area contributed by atoms with Gasteiger partial charge in [-0.05, 0) is 6.42 Å². The summed E-state index contributed by atoms with van der Waals surface area (Å²) in [6.45, 7) is 2.97. The predicted molar refractivity (Wildman–Crippen MR) is 38.7 cm³/mol. The van der Waals surface area contributed by atoms with Gasteiger partial charge < -0.3 is 9.94 Å². The van der Waals surface area contributed by atoms with E-state index in [1.54, 1.807) is 6.92 Å². The zero-order chi connectivity index (χ0) is 9.35. The van der Waals surface area contributed by atoms with Gasteiger partial charge in [0.25, 0.3) is 5.91 Å². The van der Waals surface area contributed by atoms with Crippen molar-refractivity contribution in [1.82, 2.24) is 5.06 Å². The number of carbonyl (C=O) groups excluding carboxylic acids is 2. The lowest BCUT2D eigenvalue weighted by atomic mass is 9.92. The molecule has 5 nitrogen and oxygen atoms in total. The molecule has 0 aromatic rings. The number of rotatable bonds is 2. The fraction of sp³-hybridized carbons (Fsp3) is 0.714. The minimum absolute atomic E-state index is 0.0713. The maximum atomic E-state index is 11.0. The van der Waals surface area contributed by atoms with Gasteiger partial charge in [0.1, 0.15) is 0 Å². The van der Waals surface area contributed by atoms with Crippen LogP contribution in [0.5, 0.6) is 0 Å². The molecule has 1 aliphatic rings. The second kappa shape index (κ2) is 2.75. The van der Waals surface area contributed by atoms with Gasteiger partial charge >= 0.3 is 5.97 Å². The lowest BCUT2D eigenvalue weighted by Gasteiger charge is -2.41. The number of aliphatic hydroxyl groups is 1. The molecule has 5 heteroatoms. The van der Waals surface area contributed by atoms with Crippen LogP contribution in [0.2, 0.25) is 0 Å². The van der Waals surface area contributed by atoms with Gasteiger partial charge in [0.15, 0.2) is 5.60 Å². The van der Waals surface area contributed by atoms with Gasteiger partial charge in [0.2, 0.25) is 0 Å². The topological polar surface area (TPSA) is 66.8 Å². The smallest absolute Gasteiger partial charge is 0.329 e. The van der Waals surface area contributed by atoms with E-state index in [1.165, 1.54) is 6.92 Å². The highest BCUT2D eigenvalue weighted by Gasteiger charge is 2.51. The second-order valence-corrected chi connectivity index (χ2v) is 2.81. The highest BCUT2D eigenvalue weighted by atomic mass is 16.7. The van der Waals surface area contributed by atoms with Crippen LogP contribution in [0.15, 0.2) is 0 Å². The molecule has 1 fully saturated rings. The molecule has 0 saturated carbocycles. The van der Waals surface area contributed by atoms with Crippen molar-refractivity contribution < 1.29 is 19.5 Å². The Labute approximate surface area is 69.9 Å². The normalized spacial score (nSPS) is 28.2. The van der Waals surface area contributed by atoms with Crippen molar-refractivity contribution in [3.8, 4) is 0 Å². The molecule has 1 unspecified atom stereocenters. The fourth-order valence-electron chi connectivity index (χ4n) is 1.01. The average Bonchev–Trinajstić information content (AvgIpc) is 2.02. The molecule has 1 aliphatic heterocycles. The Morgan fingerprint density at radius 1 is 1.83 bits per heavy atom. The molecular formula is C7H11NO4. The third kappa shape index (κ3) is 1.27. The summed E-state index contributed by atoms with van der Waals surface area (Å²) in [6, 6.07) is 0. The number of amides is 1. The molecule has 0 aliphatic carbocycles. The van der Waals surface area contributed by atoms with Gasteiger partial charge in [-0.25, -0.2) is 0 Å². The van der Waals surface area contributed by atoms with Crippen LogP contribution in [-0.4, -0.2) is 34.2 Å². The van der Waals surface area contributed by atoms with Gasteiger partial charge in [-0.3, -0.25) is 9.59 Å². The summed E-state index contributed by atoms with van der Waals surface area (Å²) < 4.78 is 0. The van der Waals surface area contributed by atoms with Crippen LogP contribution >= 0.6 is 0 Å². The summed E-state index contributed by atoms with van der Waals surface area (Å²) in [6.07, 6.45) is 0.337. The van der Waals surface area contributed by atoms with Crippen molar-refractivity contribution in [2.24, 2.45) is 0 Å². The summed E-state index contributed by atoms with van der Waals surface area (Å²) >= 11 is 0. The Hall–Kier alpha value is -1.10. The highest BCUT2D eigenvalue weighted by molar-refractivity contribution is 5.91. The molecule has 0 radical (unpaired) electrons. The maximum Gasteiger partial charge on any atom is 0.329 e. The van der Waals surface area contributed by atoms with Crippen molar-refractivity contribution in [3.05, 3.63) is 0 Å². The Morgan fingerprint density at radius 2 is 2.42 bits per heavy atom. The third-order valence-corrected chi connectivity index (χ3v) is 1.85. The number of nitrogens with zero attached hydrogens (tertiary/aromatic N) is 1. The van der Waals surface area contributed by atoms with E-state index >= 15 is 0 Å². The molecule has 1 N–H and O–H groups in total. The van der Waals surface area contributed by atoms with Crippen molar-refractivity contribution >= 4 is 11.9 Å². The van der Waals surface area contributed by atoms with Crippen molar-refractivity contribution in [2.75, 3.05) is 6.54 Å². The molecular weight excluding hydrogens is 162 g/mol. The lowest BCUT2D eigenvalue weighted by Crippen LogP contribution is -2.66. The molecule has 0 spiro atoms. The van der Waals surface area contributed by atoms with Gasteiger partial charge in [-0.1, -0.05) is 6.92 Å². The highest BCUT2D eigenvalue weighted by Crippen LogP contribution is 2.25. The first kappa shape index (κ1) is 8.99. The van der Waals surface area contributed by atoms with Crippen LogP contribution in [0.1, 0.15) is 20.3 Å². The molecule has 12 heavy (non-hydrogen) atoms. The second-order valence-electron chi connectivity index (χ2n) is 2.81. The lowest BCUT2D eigenvalue weighted by molar-refractivity contribution is -0.246. The van der Waals surface area contributed by atoms with Crippen molar-refractivity contribution in [1.29, 1.82) is 0 Å². The number of β-amino-alcohol motifs (C(OH)–C–C–N with tert-alkyl or cyclic N) is 1. The van der Waals surface area contributed by atoms with Gasteiger partial charge in [-0.15, -0.1) is 0 Å². The molecule has 68 valence electrons. The van der Waals surface area contributed by atoms with Crippen LogP contribution in [0.4, 0.5) is 0 Å². The van der Waals surface area contributed by atoms with E-state index in [2.05, 4.69) is 4.84 Å². The molecule has 1 atom stereocenters. The number of hydroxylamine groups is 2. The van der Waals surface area contributed by atoms with Crippen molar-refractivity contribution in [3.63, 3.8) is 0 Å². The summed E-state index contributed by atoms with van der Waals surface area (Å²) in [5.74, 6) is -1.10. The van der Waals surface area contributed by atoms with E-state index < -0.39 is 17.5 Å². The third-order valence-electron chi connectivity index (χ3n) is 1.85. The zero-order valence-electron chi connectivity index (χ0n) is 7.03. The molecule has 1 amide bonds. The number of hydrogen-bond acceptors (Lipinski definition) is 4. The standard InChI is InChI=1S/C7H11NO4/c1-3-7(11)4-8(6(7)10)12-5(2)9/h11H,3-4H2,1-2H3. The Bertz CT molecular complexity index is 227. The van der Waals surface area contributed by atoms with Crippen LogP contribution in [0.3, 0.4) is 0 Å². The van der Waals surface area contributed by atoms with E-state index in [0.29, 0.717) is 6.42 Å². The quantitative estimate of drug-likeness (QED) is 0.569. The SMILES string of the molecule is CCC1(O)CN(OC(C)=O)C1=O. The van der Waals surface area contributed by atoms with Crippen LogP contribution in [0, 0.1) is 0 Å². The first-order chi connectivity index (χ1) is 5.49. The van der Waals surface area contributed by atoms with E-state index in [0.717, 1.165) is 5.06 Å².